The molecule has 1 aliphatic carbocycles. The first-order valence-corrected chi connectivity index (χ1v) is 9.90. The Bertz CT molecular complexity index is 932. The number of aliphatic carboxylic acids is 1. The molecule has 1 fully saturated rings. The number of amides is 1. The number of aromatic nitrogens is 2. The summed E-state index contributed by atoms with van der Waals surface area (Å²) in [4.78, 5) is 44.4. The van der Waals surface area contributed by atoms with E-state index < -0.39 is 12.0 Å². The summed E-state index contributed by atoms with van der Waals surface area (Å²) in [5.74, 6) is -1.17. The third-order valence-electron chi connectivity index (χ3n) is 5.37. The first-order valence-electron chi connectivity index (χ1n) is 9.08. The number of nitrogens with zero attached hydrogens (tertiary/aromatic N) is 3. The molecule has 7 nitrogen and oxygen atoms in total. The predicted octanol–water partition coefficient (Wildman–Crippen LogP) is 1.80. The molecule has 1 atom stereocenters. The molecule has 4 rings (SSSR count). The van der Waals surface area contributed by atoms with Crippen LogP contribution in [0.2, 0.25) is 0 Å². The highest BCUT2D eigenvalue weighted by Crippen LogP contribution is 2.33. The Morgan fingerprint density at radius 2 is 2.08 bits per heavy atom. The maximum Gasteiger partial charge on any atom is 0.326 e. The molecule has 0 radical (unpaired) electrons. The van der Waals surface area contributed by atoms with Gasteiger partial charge in [-0.2, -0.15) is 0 Å². The number of carbonyl (C=O) groups is 2. The highest BCUT2D eigenvalue weighted by molar-refractivity contribution is 7.18. The number of fused-ring (bicyclic) bond motifs is 3. The minimum Gasteiger partial charge on any atom is -0.480 e. The number of carboxylic acids is 1. The third-order valence-corrected chi connectivity index (χ3v) is 6.57. The van der Waals surface area contributed by atoms with Gasteiger partial charge in [-0.05, 0) is 44.1 Å². The van der Waals surface area contributed by atoms with E-state index >= 15 is 0 Å². The lowest BCUT2D eigenvalue weighted by Gasteiger charge is -2.21. The zero-order valence-electron chi connectivity index (χ0n) is 14.4. The molecule has 1 N–H and O–H groups in total. The Morgan fingerprint density at radius 3 is 2.88 bits per heavy atom. The van der Waals surface area contributed by atoms with Gasteiger partial charge in [0.1, 0.15) is 10.9 Å². The van der Waals surface area contributed by atoms with Crippen LogP contribution in [0.4, 0.5) is 0 Å². The quantitative estimate of drug-likeness (QED) is 0.880. The van der Waals surface area contributed by atoms with E-state index in [1.807, 2.05) is 0 Å². The van der Waals surface area contributed by atoms with Crippen LogP contribution in [0.3, 0.4) is 0 Å². The average Bonchev–Trinajstić information content (AvgIpc) is 3.25. The number of hydrogen-bond donors (Lipinski definition) is 1. The molecule has 2 aromatic heterocycles. The zero-order chi connectivity index (χ0) is 18.3. The summed E-state index contributed by atoms with van der Waals surface area (Å²) < 4.78 is 1.49. The van der Waals surface area contributed by atoms with Crippen molar-refractivity contribution in [1.29, 1.82) is 0 Å². The second-order valence-electron chi connectivity index (χ2n) is 6.97. The summed E-state index contributed by atoms with van der Waals surface area (Å²) in [7, 11) is 0. The SMILES string of the molecule is O=C(O)[C@H]1CCCN1C(=O)CCn1cnc2sc3c(c2c1=O)CCCC3. The number of thiophene rings is 1. The first kappa shape index (κ1) is 17.2. The van der Waals surface area contributed by atoms with E-state index in [2.05, 4.69) is 4.98 Å². The highest BCUT2D eigenvalue weighted by atomic mass is 32.1. The summed E-state index contributed by atoms with van der Waals surface area (Å²) in [5.41, 5.74) is 1.05. The first-order chi connectivity index (χ1) is 12.6. The Labute approximate surface area is 154 Å². The van der Waals surface area contributed by atoms with Crippen molar-refractivity contribution in [2.75, 3.05) is 6.54 Å². The standard InChI is InChI=1S/C18H21N3O4S/c22-14(21-8-3-5-12(21)18(24)25)7-9-20-10-19-16-15(17(20)23)11-4-1-2-6-13(11)26-16/h10,12H,1-9H2,(H,24,25)/t12-/m1/s1. The van der Waals surface area contributed by atoms with Crippen LogP contribution in [-0.2, 0) is 29.0 Å². The van der Waals surface area contributed by atoms with Crippen LogP contribution < -0.4 is 5.56 Å². The van der Waals surface area contributed by atoms with Gasteiger partial charge >= 0.3 is 5.97 Å². The number of rotatable bonds is 4. The fourth-order valence-corrected chi connectivity index (χ4v) is 5.24. The second kappa shape index (κ2) is 6.83. The molecule has 26 heavy (non-hydrogen) atoms. The van der Waals surface area contributed by atoms with Crippen molar-refractivity contribution in [2.45, 2.75) is 57.5 Å². The molecule has 0 spiro atoms. The van der Waals surface area contributed by atoms with Gasteiger partial charge in [-0.15, -0.1) is 11.3 Å². The monoisotopic (exact) mass is 375 g/mol. The van der Waals surface area contributed by atoms with Gasteiger partial charge in [0, 0.05) is 24.4 Å². The van der Waals surface area contributed by atoms with Gasteiger partial charge in [0.15, 0.2) is 0 Å². The Hall–Kier alpha value is -2.22. The summed E-state index contributed by atoms with van der Waals surface area (Å²) in [5, 5.41) is 9.92. The molecule has 0 unspecified atom stereocenters. The molecule has 138 valence electrons. The van der Waals surface area contributed by atoms with Gasteiger partial charge < -0.3 is 10.0 Å². The molecule has 1 saturated heterocycles. The molecule has 2 aliphatic rings. The minimum absolute atomic E-state index is 0.0848. The van der Waals surface area contributed by atoms with E-state index in [-0.39, 0.29) is 24.4 Å². The van der Waals surface area contributed by atoms with Gasteiger partial charge in [0.2, 0.25) is 5.91 Å². The van der Waals surface area contributed by atoms with Crippen molar-refractivity contribution in [3.8, 4) is 0 Å². The lowest BCUT2D eigenvalue weighted by atomic mass is 9.97. The molecule has 8 heteroatoms. The largest absolute Gasteiger partial charge is 0.480 e. The third kappa shape index (κ3) is 2.92. The molecule has 0 saturated carbocycles. The Balaban J connectivity index is 1.54. The van der Waals surface area contributed by atoms with Crippen LogP contribution in [0.1, 0.15) is 42.5 Å². The Kier molecular flexibility index (Phi) is 4.52. The van der Waals surface area contributed by atoms with E-state index in [4.69, 9.17) is 0 Å². The fraction of sp³-hybridized carbons (Fsp3) is 0.556. The van der Waals surface area contributed by atoms with Crippen LogP contribution in [0, 0.1) is 0 Å². The van der Waals surface area contributed by atoms with E-state index in [1.165, 1.54) is 20.7 Å². The van der Waals surface area contributed by atoms with Crippen LogP contribution >= 0.6 is 11.3 Å². The smallest absolute Gasteiger partial charge is 0.326 e. The summed E-state index contributed by atoms with van der Waals surface area (Å²) in [6.45, 7) is 0.702. The van der Waals surface area contributed by atoms with E-state index in [0.717, 1.165) is 36.1 Å². The van der Waals surface area contributed by atoms with E-state index in [9.17, 15) is 19.5 Å². The Morgan fingerprint density at radius 1 is 1.27 bits per heavy atom. The highest BCUT2D eigenvalue weighted by Gasteiger charge is 2.33. The second-order valence-corrected chi connectivity index (χ2v) is 8.05. The van der Waals surface area contributed by atoms with Gasteiger partial charge in [0.25, 0.3) is 5.56 Å². The molecular formula is C18H21N3O4S. The van der Waals surface area contributed by atoms with Crippen molar-refractivity contribution in [3.63, 3.8) is 0 Å². The van der Waals surface area contributed by atoms with Crippen molar-refractivity contribution in [2.24, 2.45) is 0 Å². The van der Waals surface area contributed by atoms with E-state index in [1.54, 1.807) is 11.3 Å². The van der Waals surface area contributed by atoms with Crippen LogP contribution in [0.25, 0.3) is 10.2 Å². The van der Waals surface area contributed by atoms with Crippen molar-refractivity contribution in [3.05, 3.63) is 27.1 Å². The zero-order valence-corrected chi connectivity index (χ0v) is 15.3. The van der Waals surface area contributed by atoms with Crippen LogP contribution in [0.5, 0.6) is 0 Å². The van der Waals surface area contributed by atoms with Gasteiger partial charge in [-0.25, -0.2) is 9.78 Å². The van der Waals surface area contributed by atoms with Gasteiger partial charge in [-0.3, -0.25) is 14.2 Å². The van der Waals surface area contributed by atoms with E-state index in [0.29, 0.717) is 24.8 Å². The summed E-state index contributed by atoms with van der Waals surface area (Å²) in [6.07, 6.45) is 7.01. The molecule has 1 aliphatic heterocycles. The lowest BCUT2D eigenvalue weighted by molar-refractivity contribution is -0.148. The molecule has 3 heterocycles. The van der Waals surface area contributed by atoms with Crippen molar-refractivity contribution < 1.29 is 14.7 Å². The normalized spacial score (nSPS) is 19.7. The van der Waals surface area contributed by atoms with Crippen LogP contribution in [-0.4, -0.2) is 44.0 Å². The molecule has 1 amide bonds. The minimum atomic E-state index is -0.957. The van der Waals surface area contributed by atoms with Gasteiger partial charge in [0.05, 0.1) is 11.7 Å². The molecule has 2 aromatic rings. The van der Waals surface area contributed by atoms with Crippen LogP contribution in [0.15, 0.2) is 11.1 Å². The molecule has 0 aromatic carbocycles. The number of aryl methyl sites for hydroxylation is 3. The number of carbonyl (C=O) groups excluding carboxylic acids is 1. The maximum absolute atomic E-state index is 12.9. The summed E-state index contributed by atoms with van der Waals surface area (Å²) in [6, 6.07) is -0.733. The molecule has 0 bridgehead atoms. The maximum atomic E-state index is 12.9. The van der Waals surface area contributed by atoms with Crippen molar-refractivity contribution >= 4 is 33.4 Å². The number of likely N-dealkylation sites (tertiary alicyclic amines) is 1. The topological polar surface area (TPSA) is 92.5 Å². The van der Waals surface area contributed by atoms with Gasteiger partial charge in [-0.1, -0.05) is 0 Å². The average molecular weight is 375 g/mol. The van der Waals surface area contributed by atoms with Crippen molar-refractivity contribution in [1.82, 2.24) is 14.5 Å². The number of hydrogen-bond acceptors (Lipinski definition) is 5. The predicted molar refractivity (Wildman–Crippen MR) is 97.5 cm³/mol. The molecular weight excluding hydrogens is 354 g/mol. The number of carboxylic acid groups (broad SMARTS) is 1. The summed E-state index contributed by atoms with van der Waals surface area (Å²) >= 11 is 1.61. The fourth-order valence-electron chi connectivity index (χ4n) is 4.02. The lowest BCUT2D eigenvalue weighted by Crippen LogP contribution is -2.41.